The van der Waals surface area contributed by atoms with Crippen LogP contribution >= 0.6 is 0 Å². The molecule has 0 heterocycles. The van der Waals surface area contributed by atoms with Gasteiger partial charge in [0.05, 0.1) is 32.2 Å². The largest absolute Gasteiger partial charge is 0.496 e. The second-order valence-corrected chi connectivity index (χ2v) is 9.11. The molecule has 7 nitrogen and oxygen atoms in total. The highest BCUT2D eigenvalue weighted by Gasteiger charge is 2.25. The fraction of sp³-hybridized carbons (Fsp3) is 0.409. The lowest BCUT2D eigenvalue weighted by Crippen LogP contribution is -2.41. The molecule has 0 spiro atoms. The van der Waals surface area contributed by atoms with E-state index in [1.807, 2.05) is 45.0 Å². The van der Waals surface area contributed by atoms with Gasteiger partial charge < -0.3 is 14.8 Å². The lowest BCUT2D eigenvalue weighted by atomic mass is 10.0. The molecule has 2 aromatic carbocycles. The first-order valence-electron chi connectivity index (χ1n) is 9.67. The first kappa shape index (κ1) is 23.5. The van der Waals surface area contributed by atoms with E-state index < -0.39 is 15.9 Å². The van der Waals surface area contributed by atoms with Crippen LogP contribution in [0.2, 0.25) is 0 Å². The number of rotatable bonds is 9. The standard InChI is InChI=1S/C22H30N2O5S/c1-7-18(17-9-11-20(28-4)16(3)13-17)23-22(25)14-24(30(6,26)27)19-12-15(2)8-10-21(19)29-5/h8-13,18H,7,14H2,1-6H3,(H,23,25)/t18-/m0/s1. The molecular formula is C22H30N2O5S. The van der Waals surface area contributed by atoms with E-state index in [2.05, 4.69) is 5.32 Å². The monoisotopic (exact) mass is 434 g/mol. The third-order valence-electron chi connectivity index (χ3n) is 4.86. The molecule has 0 aliphatic carbocycles. The maximum Gasteiger partial charge on any atom is 0.241 e. The van der Waals surface area contributed by atoms with Crippen LogP contribution in [0.4, 0.5) is 5.69 Å². The van der Waals surface area contributed by atoms with Crippen LogP contribution < -0.4 is 19.1 Å². The summed E-state index contributed by atoms with van der Waals surface area (Å²) in [7, 11) is -0.632. The number of nitrogens with one attached hydrogen (secondary N) is 1. The molecule has 0 aliphatic rings. The molecule has 2 aromatic rings. The maximum atomic E-state index is 12.8. The smallest absolute Gasteiger partial charge is 0.241 e. The Morgan fingerprint density at radius 3 is 2.23 bits per heavy atom. The molecule has 0 saturated heterocycles. The van der Waals surface area contributed by atoms with E-state index in [0.29, 0.717) is 17.9 Å². The van der Waals surface area contributed by atoms with Gasteiger partial charge in [-0.2, -0.15) is 0 Å². The summed E-state index contributed by atoms with van der Waals surface area (Å²) in [5.74, 6) is 0.760. The third-order valence-corrected chi connectivity index (χ3v) is 5.98. The Morgan fingerprint density at radius 2 is 1.70 bits per heavy atom. The fourth-order valence-electron chi connectivity index (χ4n) is 3.29. The predicted molar refractivity (Wildman–Crippen MR) is 119 cm³/mol. The number of nitrogens with zero attached hydrogens (tertiary/aromatic N) is 1. The Labute approximate surface area is 179 Å². The molecule has 164 valence electrons. The van der Waals surface area contributed by atoms with Crippen molar-refractivity contribution in [3.8, 4) is 11.5 Å². The number of carbonyl (C=O) groups is 1. The van der Waals surface area contributed by atoms with E-state index in [1.165, 1.54) is 7.11 Å². The van der Waals surface area contributed by atoms with Crippen molar-refractivity contribution in [2.75, 3.05) is 31.3 Å². The molecule has 0 fully saturated rings. The second kappa shape index (κ2) is 9.84. The van der Waals surface area contributed by atoms with Crippen LogP contribution in [0.25, 0.3) is 0 Å². The Hall–Kier alpha value is -2.74. The van der Waals surface area contributed by atoms with Gasteiger partial charge in [-0.25, -0.2) is 8.42 Å². The van der Waals surface area contributed by atoms with E-state index >= 15 is 0 Å². The van der Waals surface area contributed by atoms with Crippen LogP contribution in [0.15, 0.2) is 36.4 Å². The van der Waals surface area contributed by atoms with Gasteiger partial charge in [-0.1, -0.05) is 25.1 Å². The molecule has 0 aliphatic heterocycles. The van der Waals surface area contributed by atoms with Crippen LogP contribution in [-0.2, 0) is 14.8 Å². The molecule has 0 radical (unpaired) electrons. The van der Waals surface area contributed by atoms with Crippen molar-refractivity contribution in [3.05, 3.63) is 53.1 Å². The average Bonchev–Trinajstić information content (AvgIpc) is 2.69. The van der Waals surface area contributed by atoms with Crippen molar-refractivity contribution < 1.29 is 22.7 Å². The Bertz CT molecular complexity index is 1000. The van der Waals surface area contributed by atoms with Gasteiger partial charge in [-0.05, 0) is 55.2 Å². The molecule has 1 amide bonds. The summed E-state index contributed by atoms with van der Waals surface area (Å²) in [6, 6.07) is 10.7. The van der Waals surface area contributed by atoms with E-state index in [4.69, 9.17) is 9.47 Å². The molecule has 2 rings (SSSR count). The molecular weight excluding hydrogens is 404 g/mol. The highest BCUT2D eigenvalue weighted by Crippen LogP contribution is 2.31. The number of hydrogen-bond acceptors (Lipinski definition) is 5. The number of carbonyl (C=O) groups excluding carboxylic acids is 1. The topological polar surface area (TPSA) is 84.9 Å². The van der Waals surface area contributed by atoms with Crippen LogP contribution in [-0.4, -0.2) is 41.3 Å². The minimum Gasteiger partial charge on any atom is -0.496 e. The Balaban J connectivity index is 2.28. The number of anilines is 1. The Kier molecular flexibility index (Phi) is 7.72. The predicted octanol–water partition coefficient (Wildman–Crippen LogP) is 3.35. The van der Waals surface area contributed by atoms with Gasteiger partial charge in [-0.15, -0.1) is 0 Å². The average molecular weight is 435 g/mol. The number of sulfonamides is 1. The molecule has 1 N–H and O–H groups in total. The SMILES string of the molecule is CC[C@H](NC(=O)CN(c1cc(C)ccc1OC)S(C)(=O)=O)c1ccc(OC)c(C)c1. The minimum absolute atomic E-state index is 0.247. The summed E-state index contributed by atoms with van der Waals surface area (Å²) in [6.07, 6.45) is 1.73. The molecule has 1 atom stereocenters. The highest BCUT2D eigenvalue weighted by molar-refractivity contribution is 7.92. The second-order valence-electron chi connectivity index (χ2n) is 7.20. The number of hydrogen-bond donors (Lipinski definition) is 1. The number of ether oxygens (including phenoxy) is 2. The van der Waals surface area contributed by atoms with Crippen molar-refractivity contribution in [1.82, 2.24) is 5.32 Å². The quantitative estimate of drug-likeness (QED) is 0.654. The van der Waals surface area contributed by atoms with Gasteiger partial charge in [0.2, 0.25) is 15.9 Å². The van der Waals surface area contributed by atoms with Crippen molar-refractivity contribution in [1.29, 1.82) is 0 Å². The molecule has 0 bridgehead atoms. The van der Waals surface area contributed by atoms with E-state index in [-0.39, 0.29) is 12.6 Å². The zero-order chi connectivity index (χ0) is 22.5. The number of methoxy groups -OCH3 is 2. The number of aryl methyl sites for hydroxylation is 2. The van der Waals surface area contributed by atoms with Gasteiger partial charge in [0.15, 0.2) is 0 Å². The van der Waals surface area contributed by atoms with Crippen molar-refractivity contribution >= 4 is 21.6 Å². The first-order chi connectivity index (χ1) is 14.1. The summed E-state index contributed by atoms with van der Waals surface area (Å²) < 4.78 is 36.6. The van der Waals surface area contributed by atoms with Crippen molar-refractivity contribution in [2.24, 2.45) is 0 Å². The zero-order valence-corrected chi connectivity index (χ0v) is 19.2. The molecule has 8 heteroatoms. The molecule has 0 aromatic heterocycles. The van der Waals surface area contributed by atoms with Gasteiger partial charge in [0.25, 0.3) is 0 Å². The highest BCUT2D eigenvalue weighted by atomic mass is 32.2. The van der Waals surface area contributed by atoms with Gasteiger partial charge in [0.1, 0.15) is 18.0 Å². The Morgan fingerprint density at radius 1 is 1.07 bits per heavy atom. The van der Waals surface area contributed by atoms with Crippen LogP contribution in [0.1, 0.15) is 36.1 Å². The molecule has 0 unspecified atom stereocenters. The minimum atomic E-state index is -3.71. The van der Waals surface area contributed by atoms with E-state index in [0.717, 1.165) is 33.0 Å². The summed E-state index contributed by atoms with van der Waals surface area (Å²) in [5, 5.41) is 2.95. The zero-order valence-electron chi connectivity index (χ0n) is 18.4. The number of benzene rings is 2. The normalized spacial score (nSPS) is 12.2. The maximum absolute atomic E-state index is 12.8. The third kappa shape index (κ3) is 5.66. The van der Waals surface area contributed by atoms with E-state index in [9.17, 15) is 13.2 Å². The fourth-order valence-corrected chi connectivity index (χ4v) is 4.14. The molecule has 0 saturated carbocycles. The lowest BCUT2D eigenvalue weighted by molar-refractivity contribution is -0.120. The first-order valence-corrected chi connectivity index (χ1v) is 11.5. The number of amides is 1. The van der Waals surface area contributed by atoms with Crippen LogP contribution in [0.5, 0.6) is 11.5 Å². The van der Waals surface area contributed by atoms with Crippen LogP contribution in [0, 0.1) is 13.8 Å². The van der Waals surface area contributed by atoms with Crippen molar-refractivity contribution in [3.63, 3.8) is 0 Å². The molecule has 30 heavy (non-hydrogen) atoms. The summed E-state index contributed by atoms with van der Waals surface area (Å²) in [4.78, 5) is 12.8. The van der Waals surface area contributed by atoms with E-state index in [1.54, 1.807) is 19.2 Å². The van der Waals surface area contributed by atoms with Crippen LogP contribution in [0.3, 0.4) is 0 Å². The van der Waals surface area contributed by atoms with Gasteiger partial charge >= 0.3 is 0 Å². The van der Waals surface area contributed by atoms with Crippen molar-refractivity contribution in [2.45, 2.75) is 33.2 Å². The summed E-state index contributed by atoms with van der Waals surface area (Å²) in [5.41, 5.74) is 3.09. The lowest BCUT2D eigenvalue weighted by Gasteiger charge is -2.26. The van der Waals surface area contributed by atoms with Gasteiger partial charge in [0, 0.05) is 0 Å². The summed E-state index contributed by atoms with van der Waals surface area (Å²) >= 11 is 0. The summed E-state index contributed by atoms with van der Waals surface area (Å²) in [6.45, 7) is 5.40. The van der Waals surface area contributed by atoms with Gasteiger partial charge in [-0.3, -0.25) is 9.10 Å².